The van der Waals surface area contributed by atoms with E-state index in [1.54, 1.807) is 0 Å². The number of hydrogen-bond donors (Lipinski definition) is 2. The van der Waals surface area contributed by atoms with E-state index in [0.717, 1.165) is 6.07 Å². The fraction of sp³-hybridized carbons (Fsp3) is 0.462. The van der Waals surface area contributed by atoms with Crippen LogP contribution in [0.4, 0.5) is 19.3 Å². The molecule has 0 aliphatic carbocycles. The molecule has 1 heterocycles. The van der Waals surface area contributed by atoms with Crippen molar-refractivity contribution in [3.63, 3.8) is 0 Å². The topological polar surface area (TPSA) is 55.8 Å². The lowest BCUT2D eigenvalue weighted by Gasteiger charge is -2.34. The maximum absolute atomic E-state index is 13.6. The van der Waals surface area contributed by atoms with E-state index in [1.807, 2.05) is 4.90 Å². The largest absolute Gasteiger partial charge is 0.395 e. The van der Waals surface area contributed by atoms with E-state index in [9.17, 15) is 13.6 Å². The number of anilines is 1. The zero-order valence-corrected chi connectivity index (χ0v) is 12.0. The van der Waals surface area contributed by atoms with Gasteiger partial charge in [0.05, 0.1) is 17.3 Å². The number of urea groups is 1. The van der Waals surface area contributed by atoms with Gasteiger partial charge in [-0.05, 0) is 6.07 Å². The van der Waals surface area contributed by atoms with Crippen molar-refractivity contribution >= 4 is 23.3 Å². The molecule has 21 heavy (non-hydrogen) atoms. The summed E-state index contributed by atoms with van der Waals surface area (Å²) in [4.78, 5) is 15.6. The molecular weight excluding hydrogens is 304 g/mol. The molecule has 2 N–H and O–H groups in total. The zero-order chi connectivity index (χ0) is 15.4. The molecule has 0 atom stereocenters. The van der Waals surface area contributed by atoms with Crippen LogP contribution >= 0.6 is 11.6 Å². The van der Waals surface area contributed by atoms with E-state index in [0.29, 0.717) is 38.8 Å². The van der Waals surface area contributed by atoms with Crippen LogP contribution in [0.5, 0.6) is 0 Å². The van der Waals surface area contributed by atoms with Gasteiger partial charge in [-0.1, -0.05) is 11.6 Å². The Morgan fingerprint density at radius 1 is 1.29 bits per heavy atom. The standard InChI is InChI=1S/C13H16ClF2N3O2/c14-10-7-9(15)8-11(16)12(10)17-13(21)19-3-1-18(2-4-19)5-6-20/h7-8,20H,1-6H2,(H,17,21). The smallest absolute Gasteiger partial charge is 0.322 e. The van der Waals surface area contributed by atoms with Gasteiger partial charge in [0.25, 0.3) is 0 Å². The molecule has 0 radical (unpaired) electrons. The predicted molar refractivity (Wildman–Crippen MR) is 75.5 cm³/mol. The summed E-state index contributed by atoms with van der Waals surface area (Å²) < 4.78 is 26.6. The summed E-state index contributed by atoms with van der Waals surface area (Å²) >= 11 is 5.73. The number of rotatable bonds is 3. The number of benzene rings is 1. The molecule has 1 aromatic carbocycles. The number of nitrogens with one attached hydrogen (secondary N) is 1. The van der Waals surface area contributed by atoms with Crippen LogP contribution in [0.25, 0.3) is 0 Å². The number of aliphatic hydroxyl groups excluding tert-OH is 1. The first kappa shape index (κ1) is 15.9. The first-order valence-corrected chi connectivity index (χ1v) is 6.92. The van der Waals surface area contributed by atoms with E-state index in [1.165, 1.54) is 4.90 Å². The molecular formula is C13H16ClF2N3O2. The highest BCUT2D eigenvalue weighted by Crippen LogP contribution is 2.26. The van der Waals surface area contributed by atoms with Crippen LogP contribution in [0.3, 0.4) is 0 Å². The average molecular weight is 320 g/mol. The van der Waals surface area contributed by atoms with Crippen LogP contribution in [-0.4, -0.2) is 60.3 Å². The molecule has 1 aromatic rings. The van der Waals surface area contributed by atoms with Crippen LogP contribution in [0.1, 0.15) is 0 Å². The Morgan fingerprint density at radius 2 is 1.95 bits per heavy atom. The molecule has 8 heteroatoms. The van der Waals surface area contributed by atoms with Crippen LogP contribution < -0.4 is 5.32 Å². The Balaban J connectivity index is 1.97. The molecule has 0 unspecified atom stereocenters. The van der Waals surface area contributed by atoms with Gasteiger partial charge in [-0.3, -0.25) is 4.90 Å². The molecule has 1 aliphatic heterocycles. The van der Waals surface area contributed by atoms with E-state index >= 15 is 0 Å². The Morgan fingerprint density at radius 3 is 2.52 bits per heavy atom. The van der Waals surface area contributed by atoms with Gasteiger partial charge < -0.3 is 15.3 Å². The second-order valence-corrected chi connectivity index (χ2v) is 5.13. The van der Waals surface area contributed by atoms with Gasteiger partial charge in [-0.2, -0.15) is 0 Å². The van der Waals surface area contributed by atoms with Gasteiger partial charge in [0, 0.05) is 38.8 Å². The monoisotopic (exact) mass is 319 g/mol. The van der Waals surface area contributed by atoms with Gasteiger partial charge in [-0.25, -0.2) is 13.6 Å². The summed E-state index contributed by atoms with van der Waals surface area (Å²) in [6, 6.07) is 1.13. The first-order valence-electron chi connectivity index (χ1n) is 6.55. The zero-order valence-electron chi connectivity index (χ0n) is 11.3. The summed E-state index contributed by atoms with van der Waals surface area (Å²) in [7, 11) is 0. The van der Waals surface area contributed by atoms with Crippen molar-refractivity contribution in [1.82, 2.24) is 9.80 Å². The fourth-order valence-corrected chi connectivity index (χ4v) is 2.41. The number of hydrogen-bond acceptors (Lipinski definition) is 3. The Labute approximate surface area is 126 Å². The minimum Gasteiger partial charge on any atom is -0.395 e. The Kier molecular flexibility index (Phi) is 5.33. The van der Waals surface area contributed by atoms with Crippen molar-refractivity contribution < 1.29 is 18.7 Å². The summed E-state index contributed by atoms with van der Waals surface area (Å²) in [5.41, 5.74) is -0.221. The van der Waals surface area contributed by atoms with Gasteiger partial charge >= 0.3 is 6.03 Å². The van der Waals surface area contributed by atoms with Crippen LogP contribution in [0, 0.1) is 11.6 Å². The highest BCUT2D eigenvalue weighted by Gasteiger charge is 2.22. The van der Waals surface area contributed by atoms with E-state index in [-0.39, 0.29) is 17.3 Å². The van der Waals surface area contributed by atoms with Crippen LogP contribution in [0.15, 0.2) is 12.1 Å². The van der Waals surface area contributed by atoms with Crippen molar-refractivity contribution in [2.75, 3.05) is 44.6 Å². The molecule has 1 fully saturated rings. The molecule has 2 amide bonds. The number of halogens is 3. The summed E-state index contributed by atoms with van der Waals surface area (Å²) in [5, 5.41) is 11.0. The van der Waals surface area contributed by atoms with Crippen molar-refractivity contribution in [3.05, 3.63) is 28.8 Å². The molecule has 116 valence electrons. The number of carbonyl (C=O) groups is 1. The molecule has 0 bridgehead atoms. The second-order valence-electron chi connectivity index (χ2n) is 4.73. The fourth-order valence-electron chi connectivity index (χ4n) is 2.16. The predicted octanol–water partition coefficient (Wildman–Crippen LogP) is 1.76. The average Bonchev–Trinajstić information content (AvgIpc) is 2.43. The van der Waals surface area contributed by atoms with Crippen molar-refractivity contribution in [2.45, 2.75) is 0 Å². The number of piperazine rings is 1. The lowest BCUT2D eigenvalue weighted by molar-refractivity contribution is 0.127. The first-order chi connectivity index (χ1) is 10.0. The highest BCUT2D eigenvalue weighted by molar-refractivity contribution is 6.33. The molecule has 1 aliphatic rings. The van der Waals surface area contributed by atoms with Crippen LogP contribution in [0.2, 0.25) is 5.02 Å². The van der Waals surface area contributed by atoms with Gasteiger partial charge in [0.15, 0.2) is 5.82 Å². The summed E-state index contributed by atoms with van der Waals surface area (Å²) in [6.07, 6.45) is 0. The number of β-amino-alcohol motifs (C(OH)–C–C–N with tert-alkyl or cyclic N) is 1. The Bertz CT molecular complexity index is 499. The van der Waals surface area contributed by atoms with E-state index in [4.69, 9.17) is 16.7 Å². The number of nitrogens with zero attached hydrogens (tertiary/aromatic N) is 2. The molecule has 1 saturated heterocycles. The molecule has 0 spiro atoms. The van der Waals surface area contributed by atoms with Gasteiger partial charge in [-0.15, -0.1) is 0 Å². The minimum atomic E-state index is -0.910. The minimum absolute atomic E-state index is 0.0720. The van der Waals surface area contributed by atoms with Crippen LogP contribution in [-0.2, 0) is 0 Å². The van der Waals surface area contributed by atoms with Crippen molar-refractivity contribution in [2.24, 2.45) is 0 Å². The molecule has 2 rings (SSSR count). The maximum Gasteiger partial charge on any atom is 0.322 e. The van der Waals surface area contributed by atoms with Gasteiger partial charge in [0.2, 0.25) is 0 Å². The molecule has 5 nitrogen and oxygen atoms in total. The maximum atomic E-state index is 13.6. The highest BCUT2D eigenvalue weighted by atomic mass is 35.5. The Hall–Kier alpha value is -1.44. The normalized spacial score (nSPS) is 16.1. The molecule has 0 saturated carbocycles. The number of aliphatic hydroxyl groups is 1. The van der Waals surface area contributed by atoms with E-state index < -0.39 is 17.7 Å². The third kappa shape index (κ3) is 4.03. The van der Waals surface area contributed by atoms with E-state index in [2.05, 4.69) is 5.32 Å². The number of carbonyl (C=O) groups excluding carboxylic acids is 1. The van der Waals surface area contributed by atoms with Crippen molar-refractivity contribution in [1.29, 1.82) is 0 Å². The second kappa shape index (κ2) is 7.02. The lowest BCUT2D eigenvalue weighted by Crippen LogP contribution is -2.50. The third-order valence-electron chi connectivity index (χ3n) is 3.31. The van der Waals surface area contributed by atoms with Crippen molar-refractivity contribution in [3.8, 4) is 0 Å². The quantitative estimate of drug-likeness (QED) is 0.892. The SMILES string of the molecule is O=C(Nc1c(F)cc(F)cc1Cl)N1CCN(CCO)CC1. The lowest BCUT2D eigenvalue weighted by atomic mass is 10.3. The summed E-state index contributed by atoms with van der Waals surface area (Å²) in [6.45, 7) is 2.83. The molecule has 0 aromatic heterocycles. The number of amides is 2. The third-order valence-corrected chi connectivity index (χ3v) is 3.61. The summed E-state index contributed by atoms with van der Waals surface area (Å²) in [5.74, 6) is -1.71. The van der Waals surface area contributed by atoms with Gasteiger partial charge in [0.1, 0.15) is 5.82 Å².